The van der Waals surface area contributed by atoms with Gasteiger partial charge in [-0.15, -0.1) is 0 Å². The van der Waals surface area contributed by atoms with E-state index in [9.17, 15) is 8.42 Å². The van der Waals surface area contributed by atoms with Crippen molar-refractivity contribution in [3.63, 3.8) is 0 Å². The maximum atomic E-state index is 12.9. The summed E-state index contributed by atoms with van der Waals surface area (Å²) in [6.07, 6.45) is 6.08. The van der Waals surface area contributed by atoms with E-state index < -0.39 is 10.0 Å². The first-order chi connectivity index (χ1) is 13.3. The highest BCUT2D eigenvalue weighted by Crippen LogP contribution is 2.25. The molecular formula is C18H19N7O2S. The number of pyridine rings is 1. The Bertz CT molecular complexity index is 1260. The van der Waals surface area contributed by atoms with Crippen molar-refractivity contribution in [2.75, 3.05) is 23.7 Å². The van der Waals surface area contributed by atoms with E-state index in [0.717, 1.165) is 11.1 Å². The van der Waals surface area contributed by atoms with Gasteiger partial charge in [-0.25, -0.2) is 18.1 Å². The van der Waals surface area contributed by atoms with Gasteiger partial charge in [0.05, 0.1) is 29.8 Å². The largest absolute Gasteiger partial charge is 0.378 e. The van der Waals surface area contributed by atoms with Crippen molar-refractivity contribution in [2.45, 2.75) is 4.90 Å². The van der Waals surface area contributed by atoms with Gasteiger partial charge in [-0.3, -0.25) is 9.40 Å². The Hall–Kier alpha value is -3.40. The molecule has 0 saturated carbocycles. The first kappa shape index (κ1) is 18.0. The lowest BCUT2D eigenvalue weighted by Crippen LogP contribution is -2.13. The zero-order valence-corrected chi connectivity index (χ0v) is 16.4. The zero-order valence-electron chi connectivity index (χ0n) is 15.6. The molecule has 0 aliphatic heterocycles. The number of para-hydroxylation sites is 1. The second-order valence-corrected chi connectivity index (χ2v) is 8.19. The van der Waals surface area contributed by atoms with Crippen molar-refractivity contribution in [3.8, 4) is 5.82 Å². The van der Waals surface area contributed by atoms with Gasteiger partial charge in [0.1, 0.15) is 4.90 Å². The molecule has 0 amide bonds. The highest BCUT2D eigenvalue weighted by Gasteiger charge is 2.19. The molecule has 4 aromatic rings. The molecule has 4 rings (SSSR count). The Morgan fingerprint density at radius 3 is 2.71 bits per heavy atom. The number of hydrogen-bond acceptors (Lipinski definition) is 6. The molecule has 9 nitrogen and oxygen atoms in total. The van der Waals surface area contributed by atoms with E-state index in [-0.39, 0.29) is 4.90 Å². The average molecular weight is 397 g/mol. The SMILES string of the molecule is CN(C)c1ccnc(-n2cc(S(=O)(=O)Nc3cccc4cnn(C)c34)cn2)c1. The summed E-state index contributed by atoms with van der Waals surface area (Å²) >= 11 is 0. The molecule has 0 aliphatic rings. The molecule has 10 heteroatoms. The van der Waals surface area contributed by atoms with Crippen LogP contribution in [0, 0.1) is 0 Å². The van der Waals surface area contributed by atoms with Crippen molar-refractivity contribution in [2.24, 2.45) is 7.05 Å². The maximum absolute atomic E-state index is 12.9. The lowest BCUT2D eigenvalue weighted by atomic mass is 10.2. The number of fused-ring (bicyclic) bond motifs is 1. The number of nitrogens with zero attached hydrogens (tertiary/aromatic N) is 6. The van der Waals surface area contributed by atoms with Gasteiger partial charge in [-0.05, 0) is 12.1 Å². The van der Waals surface area contributed by atoms with Crippen LogP contribution in [0.1, 0.15) is 0 Å². The highest BCUT2D eigenvalue weighted by atomic mass is 32.2. The van der Waals surface area contributed by atoms with E-state index in [1.807, 2.05) is 37.2 Å². The monoisotopic (exact) mass is 397 g/mol. The predicted molar refractivity (Wildman–Crippen MR) is 107 cm³/mol. The summed E-state index contributed by atoms with van der Waals surface area (Å²) in [5, 5.41) is 9.19. The third-order valence-electron chi connectivity index (χ3n) is 4.35. The number of aryl methyl sites for hydroxylation is 1. The van der Waals surface area contributed by atoms with Crippen molar-refractivity contribution >= 4 is 32.3 Å². The Kier molecular flexibility index (Phi) is 4.27. The van der Waals surface area contributed by atoms with Gasteiger partial charge in [-0.1, -0.05) is 12.1 Å². The standard InChI is InChI=1S/C18H19N7O2S/c1-23(2)14-7-8-19-17(9-14)25-12-15(11-21-25)28(26,27)22-16-6-4-5-13-10-20-24(3)18(13)16/h4-12,22H,1-3H3. The van der Waals surface area contributed by atoms with Crippen molar-refractivity contribution < 1.29 is 8.42 Å². The summed E-state index contributed by atoms with van der Waals surface area (Å²) in [5.74, 6) is 0.529. The van der Waals surface area contributed by atoms with Gasteiger partial charge >= 0.3 is 0 Å². The molecule has 0 aliphatic carbocycles. The number of aromatic nitrogens is 5. The van der Waals surface area contributed by atoms with Crippen LogP contribution in [0.2, 0.25) is 0 Å². The normalized spacial score (nSPS) is 11.7. The fraction of sp³-hybridized carbons (Fsp3) is 0.167. The van der Waals surface area contributed by atoms with E-state index in [2.05, 4.69) is 19.9 Å². The molecule has 0 fully saturated rings. The van der Waals surface area contributed by atoms with Gasteiger partial charge in [0.25, 0.3) is 10.0 Å². The van der Waals surface area contributed by atoms with Gasteiger partial charge in [0.2, 0.25) is 0 Å². The van der Waals surface area contributed by atoms with Crippen molar-refractivity contribution in [1.29, 1.82) is 0 Å². The van der Waals surface area contributed by atoms with Gasteiger partial charge in [0.15, 0.2) is 5.82 Å². The fourth-order valence-corrected chi connectivity index (χ4v) is 3.90. The summed E-state index contributed by atoms with van der Waals surface area (Å²) in [6.45, 7) is 0. The van der Waals surface area contributed by atoms with E-state index >= 15 is 0 Å². The molecule has 0 atom stereocenters. The molecule has 0 unspecified atom stereocenters. The summed E-state index contributed by atoms with van der Waals surface area (Å²) in [6, 6.07) is 9.05. The Morgan fingerprint density at radius 1 is 1.11 bits per heavy atom. The maximum Gasteiger partial charge on any atom is 0.265 e. The Morgan fingerprint density at radius 2 is 1.93 bits per heavy atom. The minimum Gasteiger partial charge on any atom is -0.378 e. The van der Waals surface area contributed by atoms with Crippen molar-refractivity contribution in [3.05, 3.63) is 55.1 Å². The topological polar surface area (TPSA) is 97.9 Å². The second-order valence-electron chi connectivity index (χ2n) is 6.50. The number of hydrogen-bond donors (Lipinski definition) is 1. The third kappa shape index (κ3) is 3.18. The number of anilines is 2. The van der Waals surface area contributed by atoms with Crippen LogP contribution in [-0.2, 0) is 17.1 Å². The molecule has 3 aromatic heterocycles. The Labute approximate surface area is 162 Å². The lowest BCUT2D eigenvalue weighted by molar-refractivity contribution is 0.601. The summed E-state index contributed by atoms with van der Waals surface area (Å²) < 4.78 is 31.4. The van der Waals surface area contributed by atoms with Gasteiger partial charge in [0, 0.05) is 44.5 Å². The highest BCUT2D eigenvalue weighted by molar-refractivity contribution is 7.92. The second kappa shape index (κ2) is 6.64. The molecule has 0 radical (unpaired) electrons. The minimum atomic E-state index is -3.83. The Balaban J connectivity index is 1.68. The number of rotatable bonds is 5. The smallest absolute Gasteiger partial charge is 0.265 e. The van der Waals surface area contributed by atoms with Crippen molar-refractivity contribution in [1.82, 2.24) is 24.5 Å². The molecule has 28 heavy (non-hydrogen) atoms. The summed E-state index contributed by atoms with van der Waals surface area (Å²) in [5.41, 5.74) is 2.10. The molecule has 3 heterocycles. The number of benzene rings is 1. The molecule has 144 valence electrons. The van der Waals surface area contributed by atoms with Crippen LogP contribution in [0.25, 0.3) is 16.7 Å². The van der Waals surface area contributed by atoms with Crippen LogP contribution in [0.15, 0.2) is 60.0 Å². The molecule has 0 spiro atoms. The van der Waals surface area contributed by atoms with E-state index in [4.69, 9.17) is 0 Å². The van der Waals surface area contributed by atoms with E-state index in [0.29, 0.717) is 17.0 Å². The lowest BCUT2D eigenvalue weighted by Gasteiger charge is -2.12. The molecule has 0 bridgehead atoms. The van der Waals surface area contributed by atoms with Crippen LogP contribution in [0.4, 0.5) is 11.4 Å². The quantitative estimate of drug-likeness (QED) is 0.553. The van der Waals surface area contributed by atoms with Crippen LogP contribution >= 0.6 is 0 Å². The zero-order chi connectivity index (χ0) is 19.9. The number of nitrogens with one attached hydrogen (secondary N) is 1. The number of sulfonamides is 1. The fourth-order valence-electron chi connectivity index (χ4n) is 2.90. The van der Waals surface area contributed by atoms with Gasteiger partial charge in [-0.2, -0.15) is 10.2 Å². The van der Waals surface area contributed by atoms with E-state index in [1.165, 1.54) is 17.1 Å². The van der Waals surface area contributed by atoms with E-state index in [1.54, 1.807) is 36.3 Å². The first-order valence-corrected chi connectivity index (χ1v) is 9.95. The average Bonchev–Trinajstić information content (AvgIpc) is 3.30. The molecule has 1 aromatic carbocycles. The first-order valence-electron chi connectivity index (χ1n) is 8.47. The van der Waals surface area contributed by atoms with Gasteiger partial charge < -0.3 is 4.90 Å². The van der Waals surface area contributed by atoms with Crippen LogP contribution in [0.5, 0.6) is 0 Å². The molecule has 0 saturated heterocycles. The summed E-state index contributed by atoms with van der Waals surface area (Å²) in [4.78, 5) is 6.24. The third-order valence-corrected chi connectivity index (χ3v) is 5.67. The summed E-state index contributed by atoms with van der Waals surface area (Å²) in [7, 11) is 1.78. The van der Waals surface area contributed by atoms with Crippen LogP contribution in [0.3, 0.4) is 0 Å². The minimum absolute atomic E-state index is 0.0451. The predicted octanol–water partition coefficient (Wildman–Crippen LogP) is 2.02. The molecular weight excluding hydrogens is 378 g/mol. The molecule has 1 N–H and O–H groups in total. The van der Waals surface area contributed by atoms with Crippen LogP contribution < -0.4 is 9.62 Å². The van der Waals surface area contributed by atoms with Crippen LogP contribution in [-0.4, -0.2) is 47.1 Å².